The Bertz CT molecular complexity index is 392. The number of carbonyl (C=O) groups is 1. The van der Waals surface area contributed by atoms with Gasteiger partial charge < -0.3 is 10.6 Å². The standard InChI is InChI=1S/C8H12N6O/c1-5(3-9)4-14(2)7(15)6-11-8(10)13-12-6/h5H,4H2,1-2H3,(H3,10,11,12,13). The molecule has 7 heteroatoms. The van der Waals surface area contributed by atoms with Crippen molar-refractivity contribution in [2.75, 3.05) is 19.3 Å². The second kappa shape index (κ2) is 4.41. The smallest absolute Gasteiger partial charge is 0.291 e. The van der Waals surface area contributed by atoms with Crippen LogP contribution in [0.4, 0.5) is 5.95 Å². The van der Waals surface area contributed by atoms with Gasteiger partial charge in [-0.2, -0.15) is 10.2 Å². The van der Waals surface area contributed by atoms with Crippen molar-refractivity contribution < 1.29 is 4.79 Å². The van der Waals surface area contributed by atoms with Gasteiger partial charge in [-0.05, 0) is 6.92 Å². The molecule has 80 valence electrons. The second-order valence-electron chi connectivity index (χ2n) is 3.26. The molecule has 0 radical (unpaired) electrons. The summed E-state index contributed by atoms with van der Waals surface area (Å²) in [7, 11) is 1.59. The molecule has 1 aromatic heterocycles. The number of carbonyl (C=O) groups excluding carboxylic acids is 1. The van der Waals surface area contributed by atoms with E-state index >= 15 is 0 Å². The highest BCUT2D eigenvalue weighted by Gasteiger charge is 2.17. The number of nitrogens with one attached hydrogen (secondary N) is 1. The molecule has 0 bridgehead atoms. The maximum atomic E-state index is 11.6. The van der Waals surface area contributed by atoms with E-state index in [2.05, 4.69) is 15.2 Å². The number of amides is 1. The molecule has 0 aromatic carbocycles. The zero-order valence-electron chi connectivity index (χ0n) is 8.56. The van der Waals surface area contributed by atoms with E-state index in [0.29, 0.717) is 6.54 Å². The van der Waals surface area contributed by atoms with Gasteiger partial charge in [0.15, 0.2) is 0 Å². The number of nitrogen functional groups attached to an aromatic ring is 1. The van der Waals surface area contributed by atoms with Gasteiger partial charge in [-0.1, -0.05) is 0 Å². The van der Waals surface area contributed by atoms with Crippen molar-refractivity contribution in [2.24, 2.45) is 5.92 Å². The molecule has 1 unspecified atom stereocenters. The number of hydrogen-bond acceptors (Lipinski definition) is 5. The van der Waals surface area contributed by atoms with E-state index in [9.17, 15) is 4.79 Å². The topological polar surface area (TPSA) is 112 Å². The summed E-state index contributed by atoms with van der Waals surface area (Å²) in [6.45, 7) is 2.08. The summed E-state index contributed by atoms with van der Waals surface area (Å²) in [5.41, 5.74) is 5.27. The SMILES string of the molecule is CC(C#N)CN(C)C(=O)c1nc(N)n[nH]1. The quantitative estimate of drug-likeness (QED) is 0.703. The van der Waals surface area contributed by atoms with Gasteiger partial charge in [0.2, 0.25) is 11.8 Å². The van der Waals surface area contributed by atoms with Crippen molar-refractivity contribution in [1.82, 2.24) is 20.1 Å². The van der Waals surface area contributed by atoms with Crippen LogP contribution in [0.2, 0.25) is 0 Å². The average molecular weight is 208 g/mol. The number of nitrogens with zero attached hydrogens (tertiary/aromatic N) is 4. The molecule has 1 amide bonds. The largest absolute Gasteiger partial charge is 0.366 e. The van der Waals surface area contributed by atoms with Crippen LogP contribution in [0.15, 0.2) is 0 Å². The number of H-pyrrole nitrogens is 1. The van der Waals surface area contributed by atoms with Gasteiger partial charge in [-0.3, -0.25) is 9.89 Å². The second-order valence-corrected chi connectivity index (χ2v) is 3.26. The van der Waals surface area contributed by atoms with E-state index in [1.807, 2.05) is 6.07 Å². The molecule has 1 heterocycles. The predicted molar refractivity (Wildman–Crippen MR) is 52.5 cm³/mol. The van der Waals surface area contributed by atoms with Crippen LogP contribution < -0.4 is 5.73 Å². The van der Waals surface area contributed by atoms with Crippen LogP contribution in [-0.4, -0.2) is 39.6 Å². The van der Waals surface area contributed by atoms with Crippen LogP contribution >= 0.6 is 0 Å². The van der Waals surface area contributed by atoms with E-state index in [-0.39, 0.29) is 23.6 Å². The normalized spacial score (nSPS) is 11.8. The highest BCUT2D eigenvalue weighted by atomic mass is 16.2. The molecule has 7 nitrogen and oxygen atoms in total. The first-order valence-corrected chi connectivity index (χ1v) is 4.37. The summed E-state index contributed by atoms with van der Waals surface area (Å²) < 4.78 is 0. The average Bonchev–Trinajstić information content (AvgIpc) is 2.63. The van der Waals surface area contributed by atoms with Gasteiger partial charge >= 0.3 is 0 Å². The van der Waals surface area contributed by atoms with Crippen LogP contribution in [0, 0.1) is 17.2 Å². The number of rotatable bonds is 3. The molecule has 0 spiro atoms. The van der Waals surface area contributed by atoms with Crippen molar-refractivity contribution in [1.29, 1.82) is 5.26 Å². The number of aromatic amines is 1. The van der Waals surface area contributed by atoms with Crippen molar-refractivity contribution in [3.05, 3.63) is 5.82 Å². The fourth-order valence-electron chi connectivity index (χ4n) is 1.09. The van der Waals surface area contributed by atoms with Gasteiger partial charge in [-0.15, -0.1) is 5.10 Å². The predicted octanol–water partition coefficient (Wildman–Crippen LogP) is -0.381. The highest BCUT2D eigenvalue weighted by Crippen LogP contribution is 2.02. The third-order valence-corrected chi connectivity index (χ3v) is 1.82. The molecule has 0 aliphatic rings. The molecule has 1 aromatic rings. The van der Waals surface area contributed by atoms with Crippen molar-refractivity contribution >= 4 is 11.9 Å². The molecule has 0 aliphatic heterocycles. The Kier molecular flexibility index (Phi) is 3.23. The van der Waals surface area contributed by atoms with Crippen LogP contribution in [0.1, 0.15) is 17.5 Å². The molecule has 3 N–H and O–H groups in total. The summed E-state index contributed by atoms with van der Waals surface area (Å²) >= 11 is 0. The Labute approximate surface area is 86.9 Å². The minimum atomic E-state index is -0.332. The van der Waals surface area contributed by atoms with Crippen LogP contribution in [0.3, 0.4) is 0 Å². The van der Waals surface area contributed by atoms with Gasteiger partial charge in [0.1, 0.15) is 0 Å². The number of nitrogens with two attached hydrogens (primary N) is 1. The Morgan fingerprint density at radius 1 is 1.80 bits per heavy atom. The molecule has 15 heavy (non-hydrogen) atoms. The fourth-order valence-corrected chi connectivity index (χ4v) is 1.09. The lowest BCUT2D eigenvalue weighted by Crippen LogP contribution is -2.31. The van der Waals surface area contributed by atoms with Crippen LogP contribution in [-0.2, 0) is 0 Å². The summed E-state index contributed by atoms with van der Waals surface area (Å²) in [5.74, 6) is -0.444. The van der Waals surface area contributed by atoms with Crippen LogP contribution in [0.5, 0.6) is 0 Å². The number of anilines is 1. The monoisotopic (exact) mass is 208 g/mol. The summed E-state index contributed by atoms with van der Waals surface area (Å²) in [5, 5.41) is 14.6. The van der Waals surface area contributed by atoms with E-state index in [4.69, 9.17) is 11.0 Å². The number of hydrogen-bond donors (Lipinski definition) is 2. The van der Waals surface area contributed by atoms with Gasteiger partial charge in [-0.25, -0.2) is 0 Å². The van der Waals surface area contributed by atoms with E-state index in [1.165, 1.54) is 4.90 Å². The Balaban J connectivity index is 2.65. The molecule has 0 saturated heterocycles. The zero-order valence-corrected chi connectivity index (χ0v) is 8.56. The molecular weight excluding hydrogens is 196 g/mol. The minimum Gasteiger partial charge on any atom is -0.366 e. The summed E-state index contributed by atoms with van der Waals surface area (Å²) in [6.07, 6.45) is 0. The number of aromatic nitrogens is 3. The highest BCUT2D eigenvalue weighted by molar-refractivity contribution is 5.90. The lowest BCUT2D eigenvalue weighted by Gasteiger charge is -2.16. The first-order chi connectivity index (χ1) is 7.04. The third kappa shape index (κ3) is 2.67. The fraction of sp³-hybridized carbons (Fsp3) is 0.500. The van der Waals surface area contributed by atoms with E-state index < -0.39 is 0 Å². The lowest BCUT2D eigenvalue weighted by atomic mass is 10.2. The Morgan fingerprint density at radius 2 is 2.47 bits per heavy atom. The molecule has 1 rings (SSSR count). The Morgan fingerprint density at radius 3 is 2.93 bits per heavy atom. The van der Waals surface area contributed by atoms with Gasteiger partial charge in [0.25, 0.3) is 5.91 Å². The molecule has 0 fully saturated rings. The molecule has 0 saturated carbocycles. The summed E-state index contributed by atoms with van der Waals surface area (Å²) in [6, 6.07) is 2.04. The zero-order chi connectivity index (χ0) is 11.4. The molecule has 1 atom stereocenters. The maximum Gasteiger partial charge on any atom is 0.291 e. The van der Waals surface area contributed by atoms with Crippen molar-refractivity contribution in [2.45, 2.75) is 6.92 Å². The van der Waals surface area contributed by atoms with E-state index in [0.717, 1.165) is 0 Å². The van der Waals surface area contributed by atoms with Gasteiger partial charge in [0, 0.05) is 13.6 Å². The third-order valence-electron chi connectivity index (χ3n) is 1.82. The molecular formula is C8H12N6O. The van der Waals surface area contributed by atoms with Gasteiger partial charge in [0.05, 0.1) is 12.0 Å². The summed E-state index contributed by atoms with van der Waals surface area (Å²) in [4.78, 5) is 16.7. The maximum absolute atomic E-state index is 11.6. The number of nitriles is 1. The van der Waals surface area contributed by atoms with Crippen LogP contribution in [0.25, 0.3) is 0 Å². The molecule has 0 aliphatic carbocycles. The van der Waals surface area contributed by atoms with Crippen molar-refractivity contribution in [3.8, 4) is 6.07 Å². The van der Waals surface area contributed by atoms with Crippen molar-refractivity contribution in [3.63, 3.8) is 0 Å². The Hall–Kier alpha value is -2.10. The lowest BCUT2D eigenvalue weighted by molar-refractivity contribution is 0.0773. The first kappa shape index (κ1) is 11.0. The minimum absolute atomic E-state index is 0.0279. The first-order valence-electron chi connectivity index (χ1n) is 4.37. The van der Waals surface area contributed by atoms with E-state index in [1.54, 1.807) is 14.0 Å².